The number of unbranched alkanes of at least 4 members (excludes halogenated alkanes) is 2. The van der Waals surface area contributed by atoms with Crippen LogP contribution in [0.3, 0.4) is 0 Å². The smallest absolute Gasteiger partial charge is 0.306 e. The van der Waals surface area contributed by atoms with Crippen LogP contribution < -0.4 is 5.32 Å². The van der Waals surface area contributed by atoms with Crippen molar-refractivity contribution in [2.75, 3.05) is 6.54 Å². The van der Waals surface area contributed by atoms with Crippen LogP contribution in [0.25, 0.3) is 0 Å². The van der Waals surface area contributed by atoms with Gasteiger partial charge in [0.05, 0.1) is 5.76 Å². The summed E-state index contributed by atoms with van der Waals surface area (Å²) in [7, 11) is 0. The molecule has 1 aliphatic heterocycles. The highest BCUT2D eigenvalue weighted by Crippen LogP contribution is 2.69. The minimum atomic E-state index is 0.00671. The molecule has 0 radical (unpaired) electrons. The molecular formula is C35H55NO4. The molecule has 40 heavy (non-hydrogen) atoms. The number of esters is 1. The van der Waals surface area contributed by atoms with Crippen LogP contribution in [0.1, 0.15) is 125 Å². The fraction of sp³-hybridized carbons (Fsp3) is 0.829. The second kappa shape index (κ2) is 11.8. The predicted octanol–water partition coefficient (Wildman–Crippen LogP) is 7.89. The molecule has 1 amide bonds. The van der Waals surface area contributed by atoms with Gasteiger partial charge in [0.15, 0.2) is 0 Å². The summed E-state index contributed by atoms with van der Waals surface area (Å²) in [4.78, 5) is 23.7. The van der Waals surface area contributed by atoms with Crippen LogP contribution in [0.15, 0.2) is 23.0 Å². The van der Waals surface area contributed by atoms with Crippen molar-refractivity contribution in [3.63, 3.8) is 0 Å². The first-order chi connectivity index (χ1) is 19.1. The fourth-order valence-electron chi connectivity index (χ4n) is 9.87. The third kappa shape index (κ3) is 5.52. The SMILES string of the molecule is CCCCCC(=O)O[C@H]1CC[C@@]2(C)C(=CC[C@H]3[C@@H]4C[C@H]5OC(CC[C@@H](C)CNC(C)=O)=C(C)[C@@H]5[C@@]4(C)CC[C@@H]32)C1. The Balaban J connectivity index is 1.23. The summed E-state index contributed by atoms with van der Waals surface area (Å²) in [5.41, 5.74) is 3.68. The summed E-state index contributed by atoms with van der Waals surface area (Å²) in [5, 5.41) is 2.96. The van der Waals surface area contributed by atoms with Gasteiger partial charge in [-0.25, -0.2) is 0 Å². The molecule has 0 aromatic carbocycles. The van der Waals surface area contributed by atoms with Gasteiger partial charge in [0.1, 0.15) is 12.2 Å². The molecule has 224 valence electrons. The zero-order valence-corrected chi connectivity index (χ0v) is 26.2. The van der Waals surface area contributed by atoms with E-state index in [2.05, 4.69) is 46.0 Å². The van der Waals surface area contributed by atoms with Crippen molar-refractivity contribution >= 4 is 11.9 Å². The zero-order chi connectivity index (χ0) is 28.7. The molecule has 0 bridgehead atoms. The molecule has 3 saturated carbocycles. The van der Waals surface area contributed by atoms with Crippen molar-refractivity contribution in [2.45, 2.75) is 137 Å². The summed E-state index contributed by atoms with van der Waals surface area (Å²) in [6, 6.07) is 0. The monoisotopic (exact) mass is 553 g/mol. The summed E-state index contributed by atoms with van der Waals surface area (Å²) < 4.78 is 12.7. The Bertz CT molecular complexity index is 1030. The van der Waals surface area contributed by atoms with E-state index in [-0.39, 0.29) is 23.4 Å². The quantitative estimate of drug-likeness (QED) is 0.170. The number of ether oxygens (including phenoxy) is 2. The van der Waals surface area contributed by atoms with Crippen LogP contribution in [0.4, 0.5) is 0 Å². The molecule has 0 saturated heterocycles. The van der Waals surface area contributed by atoms with E-state index >= 15 is 0 Å². The highest BCUT2D eigenvalue weighted by atomic mass is 16.5. The number of fused-ring (bicyclic) bond motifs is 7. The van der Waals surface area contributed by atoms with Gasteiger partial charge < -0.3 is 14.8 Å². The lowest BCUT2D eigenvalue weighted by molar-refractivity contribution is -0.151. The van der Waals surface area contributed by atoms with Gasteiger partial charge in [0.2, 0.25) is 5.91 Å². The maximum Gasteiger partial charge on any atom is 0.306 e. The van der Waals surface area contributed by atoms with Crippen LogP contribution in [-0.2, 0) is 19.1 Å². The Morgan fingerprint density at radius 2 is 1.98 bits per heavy atom. The minimum absolute atomic E-state index is 0.00671. The molecule has 1 heterocycles. The first kappa shape index (κ1) is 29.7. The van der Waals surface area contributed by atoms with E-state index in [4.69, 9.17) is 9.47 Å². The van der Waals surface area contributed by atoms with Crippen LogP contribution in [0.2, 0.25) is 0 Å². The average molecular weight is 554 g/mol. The molecule has 0 spiro atoms. The van der Waals surface area contributed by atoms with Gasteiger partial charge in [-0.2, -0.15) is 0 Å². The Kier molecular flexibility index (Phi) is 8.79. The molecule has 5 nitrogen and oxygen atoms in total. The molecule has 0 unspecified atom stereocenters. The van der Waals surface area contributed by atoms with Crippen molar-refractivity contribution in [3.8, 4) is 0 Å². The minimum Gasteiger partial charge on any atom is -0.494 e. The number of hydrogen-bond acceptors (Lipinski definition) is 4. The number of carbonyl (C=O) groups excluding carboxylic acids is 2. The number of nitrogens with one attached hydrogen (secondary N) is 1. The standard InChI is InChI=1S/C35H55NO4/c1-7-8-9-10-32(38)39-26-15-17-34(5)25(19-26)12-13-27-28(34)16-18-35(6)29(27)20-31-33(35)23(3)30(40-31)14-11-22(2)21-36-24(4)37/h12,22,26-29,31,33H,7-11,13-21H2,1-6H3,(H,36,37)/t22-,26+,27-,28+,29+,31-,33+,34+,35+/m1/s1. The van der Waals surface area contributed by atoms with E-state index < -0.39 is 0 Å². The van der Waals surface area contributed by atoms with Crippen LogP contribution >= 0.6 is 0 Å². The van der Waals surface area contributed by atoms with Crippen LogP contribution in [-0.4, -0.2) is 30.6 Å². The molecule has 1 N–H and O–H groups in total. The van der Waals surface area contributed by atoms with E-state index in [9.17, 15) is 9.59 Å². The highest BCUT2D eigenvalue weighted by molar-refractivity contribution is 5.72. The fourth-order valence-corrected chi connectivity index (χ4v) is 9.87. The number of amides is 1. The molecular weight excluding hydrogens is 498 g/mol. The van der Waals surface area contributed by atoms with Gasteiger partial charge in [-0.3, -0.25) is 9.59 Å². The van der Waals surface area contributed by atoms with Crippen molar-refractivity contribution in [2.24, 2.45) is 40.4 Å². The van der Waals surface area contributed by atoms with Gasteiger partial charge in [-0.1, -0.05) is 52.2 Å². The van der Waals surface area contributed by atoms with Crippen molar-refractivity contribution < 1.29 is 19.1 Å². The maximum absolute atomic E-state index is 12.4. The molecule has 5 rings (SSSR count). The predicted molar refractivity (Wildman–Crippen MR) is 159 cm³/mol. The normalized spacial score (nSPS) is 38.8. The number of allylic oxidation sites excluding steroid dienone is 2. The Hall–Kier alpha value is -1.78. The van der Waals surface area contributed by atoms with Gasteiger partial charge in [-0.05, 0) is 98.4 Å². The number of rotatable bonds is 10. The molecule has 4 aliphatic carbocycles. The molecule has 0 aromatic rings. The van der Waals surface area contributed by atoms with E-state index in [1.165, 1.54) is 37.0 Å². The first-order valence-electron chi connectivity index (χ1n) is 16.6. The molecule has 5 heteroatoms. The van der Waals surface area contributed by atoms with Crippen LogP contribution in [0, 0.1) is 40.4 Å². The number of carbonyl (C=O) groups is 2. The molecule has 0 aromatic heterocycles. The lowest BCUT2D eigenvalue weighted by Crippen LogP contribution is -2.50. The van der Waals surface area contributed by atoms with Crippen molar-refractivity contribution in [1.82, 2.24) is 5.32 Å². The Morgan fingerprint density at radius 1 is 1.18 bits per heavy atom. The van der Waals surface area contributed by atoms with Crippen molar-refractivity contribution in [1.29, 1.82) is 0 Å². The van der Waals surface area contributed by atoms with Gasteiger partial charge in [0, 0.05) is 38.6 Å². The van der Waals surface area contributed by atoms with E-state index in [1.54, 1.807) is 12.5 Å². The average Bonchev–Trinajstić information content (AvgIpc) is 3.39. The molecule has 3 fully saturated rings. The lowest BCUT2D eigenvalue weighted by Gasteiger charge is -2.58. The summed E-state index contributed by atoms with van der Waals surface area (Å²) >= 11 is 0. The summed E-state index contributed by atoms with van der Waals surface area (Å²) in [6.07, 6.45) is 16.9. The summed E-state index contributed by atoms with van der Waals surface area (Å²) in [5.74, 6) is 4.51. The number of hydrogen-bond donors (Lipinski definition) is 1. The second-order valence-electron chi connectivity index (χ2n) is 14.7. The van der Waals surface area contributed by atoms with Crippen molar-refractivity contribution in [3.05, 3.63) is 23.0 Å². The second-order valence-corrected chi connectivity index (χ2v) is 14.7. The highest BCUT2D eigenvalue weighted by Gasteiger charge is 2.63. The Morgan fingerprint density at radius 3 is 2.73 bits per heavy atom. The first-order valence-corrected chi connectivity index (χ1v) is 16.6. The largest absolute Gasteiger partial charge is 0.494 e. The molecule has 5 aliphatic rings. The lowest BCUT2D eigenvalue weighted by atomic mass is 9.47. The van der Waals surface area contributed by atoms with Gasteiger partial charge in [0.25, 0.3) is 0 Å². The van der Waals surface area contributed by atoms with Gasteiger partial charge in [-0.15, -0.1) is 0 Å². The maximum atomic E-state index is 12.4. The topological polar surface area (TPSA) is 64.6 Å². The summed E-state index contributed by atoms with van der Waals surface area (Å²) in [6.45, 7) is 14.2. The van der Waals surface area contributed by atoms with Crippen LogP contribution in [0.5, 0.6) is 0 Å². The third-order valence-corrected chi connectivity index (χ3v) is 12.1. The third-order valence-electron chi connectivity index (χ3n) is 12.1. The Labute approximate surface area is 243 Å². The zero-order valence-electron chi connectivity index (χ0n) is 26.2. The van der Waals surface area contributed by atoms with E-state index in [0.29, 0.717) is 29.8 Å². The molecule has 9 atom stereocenters. The van der Waals surface area contributed by atoms with Gasteiger partial charge >= 0.3 is 5.97 Å². The van der Waals surface area contributed by atoms with E-state index in [1.807, 2.05) is 0 Å². The van der Waals surface area contributed by atoms with E-state index in [0.717, 1.165) is 75.7 Å².